The van der Waals surface area contributed by atoms with Crippen molar-refractivity contribution in [1.82, 2.24) is 5.32 Å². The van der Waals surface area contributed by atoms with E-state index in [4.69, 9.17) is 16.0 Å². The van der Waals surface area contributed by atoms with Crippen LogP contribution in [0.25, 0.3) is 0 Å². The number of hydrogen-bond acceptors (Lipinski definition) is 3. The van der Waals surface area contributed by atoms with E-state index < -0.39 is 0 Å². The van der Waals surface area contributed by atoms with Gasteiger partial charge in [0, 0.05) is 25.3 Å². The predicted octanol–water partition coefficient (Wildman–Crippen LogP) is 3.58. The molecule has 1 amide bonds. The first-order valence-electron chi connectivity index (χ1n) is 7.04. The topological polar surface area (TPSA) is 45.5 Å². The number of amides is 1. The molecule has 1 N–H and O–H groups in total. The number of furan rings is 1. The number of benzene rings is 1. The molecule has 21 heavy (non-hydrogen) atoms. The van der Waals surface area contributed by atoms with Gasteiger partial charge in [0.15, 0.2) is 11.0 Å². The molecule has 0 fully saturated rings. The molecular formula is C16H19ClN2O2. The zero-order valence-corrected chi connectivity index (χ0v) is 12.8. The quantitative estimate of drug-likeness (QED) is 0.795. The molecule has 2 rings (SSSR count). The Labute approximate surface area is 129 Å². The molecule has 0 unspecified atom stereocenters. The number of anilines is 1. The van der Waals surface area contributed by atoms with Crippen LogP contribution < -0.4 is 10.2 Å². The maximum absolute atomic E-state index is 11.8. The maximum atomic E-state index is 11.8. The largest absolute Gasteiger partial charge is 0.440 e. The highest BCUT2D eigenvalue weighted by molar-refractivity contribution is 6.29. The molecule has 112 valence electrons. The van der Waals surface area contributed by atoms with Crippen molar-refractivity contribution in [1.29, 1.82) is 0 Å². The van der Waals surface area contributed by atoms with Crippen LogP contribution >= 0.6 is 11.6 Å². The standard InChI is InChI=1S/C16H19ClN2O2/c1-2-19(13-7-4-3-5-8-13)12-6-11-18-16(20)14-9-10-15(17)21-14/h3-5,7-10H,2,6,11-12H2,1H3,(H,18,20). The molecule has 0 aliphatic carbocycles. The van der Waals surface area contributed by atoms with Gasteiger partial charge in [-0.15, -0.1) is 0 Å². The number of para-hydroxylation sites is 1. The van der Waals surface area contributed by atoms with Gasteiger partial charge in [-0.1, -0.05) is 18.2 Å². The highest BCUT2D eigenvalue weighted by Gasteiger charge is 2.10. The molecule has 1 heterocycles. The van der Waals surface area contributed by atoms with Crippen LogP contribution in [0.15, 0.2) is 46.9 Å². The fourth-order valence-electron chi connectivity index (χ4n) is 2.10. The van der Waals surface area contributed by atoms with Gasteiger partial charge in [0.1, 0.15) is 0 Å². The van der Waals surface area contributed by atoms with E-state index in [1.54, 1.807) is 12.1 Å². The van der Waals surface area contributed by atoms with Crippen molar-refractivity contribution in [2.24, 2.45) is 0 Å². The van der Waals surface area contributed by atoms with Gasteiger partial charge in [-0.3, -0.25) is 4.79 Å². The van der Waals surface area contributed by atoms with Gasteiger partial charge >= 0.3 is 0 Å². The second kappa shape index (κ2) is 7.74. The van der Waals surface area contributed by atoms with E-state index in [1.807, 2.05) is 18.2 Å². The number of rotatable bonds is 7. The van der Waals surface area contributed by atoms with Crippen LogP contribution in [-0.4, -0.2) is 25.5 Å². The van der Waals surface area contributed by atoms with Crippen LogP contribution in [0.4, 0.5) is 5.69 Å². The Bertz CT molecular complexity index is 569. The molecule has 2 aromatic rings. The molecule has 0 saturated heterocycles. The number of carbonyl (C=O) groups is 1. The van der Waals surface area contributed by atoms with E-state index in [0.29, 0.717) is 6.54 Å². The zero-order chi connectivity index (χ0) is 15.1. The van der Waals surface area contributed by atoms with Gasteiger partial charge in [0.05, 0.1) is 0 Å². The molecule has 0 bridgehead atoms. The number of nitrogens with one attached hydrogen (secondary N) is 1. The average molecular weight is 307 g/mol. The molecule has 0 radical (unpaired) electrons. The lowest BCUT2D eigenvalue weighted by Gasteiger charge is -2.23. The maximum Gasteiger partial charge on any atom is 0.287 e. The van der Waals surface area contributed by atoms with Crippen molar-refractivity contribution in [3.05, 3.63) is 53.4 Å². The van der Waals surface area contributed by atoms with Gasteiger partial charge in [-0.05, 0) is 49.2 Å². The molecule has 0 atom stereocenters. The lowest BCUT2D eigenvalue weighted by Crippen LogP contribution is -2.29. The van der Waals surface area contributed by atoms with E-state index in [0.717, 1.165) is 19.5 Å². The van der Waals surface area contributed by atoms with Crippen LogP contribution in [-0.2, 0) is 0 Å². The molecule has 0 saturated carbocycles. The summed E-state index contributed by atoms with van der Waals surface area (Å²) in [5.74, 6) is 0.0140. The van der Waals surface area contributed by atoms with Crippen LogP contribution in [0.5, 0.6) is 0 Å². The molecule has 0 aliphatic heterocycles. The molecule has 5 heteroatoms. The molecule has 1 aromatic carbocycles. The first-order chi connectivity index (χ1) is 10.2. The van der Waals surface area contributed by atoms with Crippen molar-refractivity contribution in [3.63, 3.8) is 0 Å². The fraction of sp³-hybridized carbons (Fsp3) is 0.312. The predicted molar refractivity (Wildman–Crippen MR) is 85.0 cm³/mol. The van der Waals surface area contributed by atoms with Crippen molar-refractivity contribution in [3.8, 4) is 0 Å². The average Bonchev–Trinajstić information content (AvgIpc) is 2.95. The number of carbonyl (C=O) groups excluding carboxylic acids is 1. The highest BCUT2D eigenvalue weighted by atomic mass is 35.5. The van der Waals surface area contributed by atoms with Gasteiger partial charge in [0.25, 0.3) is 5.91 Å². The highest BCUT2D eigenvalue weighted by Crippen LogP contribution is 2.14. The Morgan fingerprint density at radius 3 is 2.62 bits per heavy atom. The van der Waals surface area contributed by atoms with Crippen molar-refractivity contribution in [2.75, 3.05) is 24.5 Å². The van der Waals surface area contributed by atoms with Gasteiger partial charge in [0.2, 0.25) is 0 Å². The minimum absolute atomic E-state index is 0.224. The fourth-order valence-corrected chi connectivity index (χ4v) is 2.25. The number of hydrogen-bond donors (Lipinski definition) is 1. The summed E-state index contributed by atoms with van der Waals surface area (Å²) in [6, 6.07) is 13.4. The Balaban J connectivity index is 1.75. The molecule has 4 nitrogen and oxygen atoms in total. The van der Waals surface area contributed by atoms with Crippen molar-refractivity contribution >= 4 is 23.2 Å². The van der Waals surface area contributed by atoms with E-state index in [-0.39, 0.29) is 16.9 Å². The van der Waals surface area contributed by atoms with Crippen molar-refractivity contribution < 1.29 is 9.21 Å². The monoisotopic (exact) mass is 306 g/mol. The third-order valence-electron chi connectivity index (χ3n) is 3.19. The van der Waals surface area contributed by atoms with E-state index in [1.165, 1.54) is 5.69 Å². The SMILES string of the molecule is CCN(CCCNC(=O)c1ccc(Cl)o1)c1ccccc1. The zero-order valence-electron chi connectivity index (χ0n) is 12.0. The van der Waals surface area contributed by atoms with Crippen molar-refractivity contribution in [2.45, 2.75) is 13.3 Å². The second-order valence-electron chi connectivity index (χ2n) is 4.63. The van der Waals surface area contributed by atoms with E-state index in [2.05, 4.69) is 29.3 Å². The van der Waals surface area contributed by atoms with E-state index in [9.17, 15) is 4.79 Å². The Morgan fingerprint density at radius 1 is 1.24 bits per heavy atom. The van der Waals surface area contributed by atoms with Crippen LogP contribution in [0, 0.1) is 0 Å². The summed E-state index contributed by atoms with van der Waals surface area (Å²) in [5, 5.41) is 3.05. The molecule has 1 aromatic heterocycles. The smallest absolute Gasteiger partial charge is 0.287 e. The third-order valence-corrected chi connectivity index (χ3v) is 3.39. The van der Waals surface area contributed by atoms with Crippen LogP contribution in [0.3, 0.4) is 0 Å². The first-order valence-corrected chi connectivity index (χ1v) is 7.42. The normalized spacial score (nSPS) is 10.4. The second-order valence-corrected chi connectivity index (χ2v) is 5.00. The lowest BCUT2D eigenvalue weighted by molar-refractivity contribution is 0.0926. The summed E-state index contributed by atoms with van der Waals surface area (Å²) >= 11 is 5.64. The Morgan fingerprint density at radius 2 is 2.00 bits per heavy atom. The Hall–Kier alpha value is -1.94. The summed E-state index contributed by atoms with van der Waals surface area (Å²) < 4.78 is 5.06. The van der Waals surface area contributed by atoms with Crippen LogP contribution in [0.1, 0.15) is 23.9 Å². The number of halogens is 1. The van der Waals surface area contributed by atoms with Gasteiger partial charge < -0.3 is 14.6 Å². The minimum Gasteiger partial charge on any atom is -0.440 e. The molecule has 0 aliphatic rings. The van der Waals surface area contributed by atoms with Gasteiger partial charge in [-0.2, -0.15) is 0 Å². The third kappa shape index (κ3) is 4.53. The summed E-state index contributed by atoms with van der Waals surface area (Å²) in [6.45, 7) is 4.54. The molecular weight excluding hydrogens is 288 g/mol. The van der Waals surface area contributed by atoms with Gasteiger partial charge in [-0.25, -0.2) is 0 Å². The first kappa shape index (κ1) is 15.4. The lowest BCUT2D eigenvalue weighted by atomic mass is 10.2. The minimum atomic E-state index is -0.232. The summed E-state index contributed by atoms with van der Waals surface area (Å²) in [4.78, 5) is 14.0. The molecule has 0 spiro atoms. The van der Waals surface area contributed by atoms with E-state index >= 15 is 0 Å². The summed E-state index contributed by atoms with van der Waals surface area (Å²) in [5.41, 5.74) is 1.20. The Kier molecular flexibility index (Phi) is 5.69. The number of nitrogens with zero attached hydrogens (tertiary/aromatic N) is 1. The summed E-state index contributed by atoms with van der Waals surface area (Å²) in [6.07, 6.45) is 0.864. The van der Waals surface area contributed by atoms with Crippen LogP contribution in [0.2, 0.25) is 5.22 Å². The summed E-state index contributed by atoms with van der Waals surface area (Å²) in [7, 11) is 0.